The molecule has 106 valence electrons. The van der Waals surface area contributed by atoms with Gasteiger partial charge in [0.25, 0.3) is 0 Å². The van der Waals surface area contributed by atoms with E-state index in [4.69, 9.17) is 5.26 Å². The minimum atomic E-state index is -0.444. The lowest BCUT2D eigenvalue weighted by Gasteiger charge is -2.36. The highest BCUT2D eigenvalue weighted by atomic mass is 19.1. The molecular weight excluding hydrogens is 253 g/mol. The van der Waals surface area contributed by atoms with Crippen molar-refractivity contribution in [2.24, 2.45) is 5.92 Å². The highest BCUT2D eigenvalue weighted by Gasteiger charge is 2.38. The van der Waals surface area contributed by atoms with Crippen molar-refractivity contribution >= 4 is 5.69 Å². The molecule has 0 amide bonds. The van der Waals surface area contributed by atoms with Crippen LogP contribution in [0.1, 0.15) is 31.2 Å². The van der Waals surface area contributed by atoms with Gasteiger partial charge in [0.15, 0.2) is 0 Å². The Kier molecular flexibility index (Phi) is 3.62. The van der Waals surface area contributed by atoms with Crippen LogP contribution in [0.2, 0.25) is 0 Å². The molecule has 2 aliphatic rings. The minimum absolute atomic E-state index is 0.128. The predicted octanol–water partition coefficient (Wildman–Crippen LogP) is 2.98. The standard InChI is InChI=1S/C16H20FN3/c1-20-12-5-6-13(20)8-11(7-12)10-19-16-4-2-3-15(17)14(16)9-18/h2-4,11-13,19H,5-8,10H2,1H3. The fraction of sp³-hybridized carbons (Fsp3) is 0.562. The number of nitriles is 1. The van der Waals surface area contributed by atoms with Crippen LogP contribution < -0.4 is 5.32 Å². The van der Waals surface area contributed by atoms with E-state index in [1.165, 1.54) is 31.7 Å². The van der Waals surface area contributed by atoms with E-state index in [0.29, 0.717) is 23.7 Å². The van der Waals surface area contributed by atoms with Crippen molar-refractivity contribution in [2.75, 3.05) is 18.9 Å². The highest BCUT2D eigenvalue weighted by molar-refractivity contribution is 5.57. The molecule has 2 saturated heterocycles. The summed E-state index contributed by atoms with van der Waals surface area (Å²) in [5, 5.41) is 12.3. The Labute approximate surface area is 119 Å². The van der Waals surface area contributed by atoms with E-state index < -0.39 is 5.82 Å². The Balaban J connectivity index is 1.64. The van der Waals surface area contributed by atoms with Crippen LogP contribution in [0.5, 0.6) is 0 Å². The summed E-state index contributed by atoms with van der Waals surface area (Å²) in [6.07, 6.45) is 5.02. The van der Waals surface area contributed by atoms with Crippen molar-refractivity contribution in [1.82, 2.24) is 4.90 Å². The topological polar surface area (TPSA) is 39.1 Å². The van der Waals surface area contributed by atoms with Gasteiger partial charge in [0.1, 0.15) is 17.4 Å². The number of hydrogen-bond acceptors (Lipinski definition) is 3. The lowest BCUT2D eigenvalue weighted by Crippen LogP contribution is -2.41. The Hall–Kier alpha value is -1.60. The first-order valence-electron chi connectivity index (χ1n) is 7.33. The molecule has 20 heavy (non-hydrogen) atoms. The quantitative estimate of drug-likeness (QED) is 0.920. The molecule has 1 aromatic carbocycles. The van der Waals surface area contributed by atoms with E-state index in [9.17, 15) is 4.39 Å². The Bertz CT molecular complexity index is 523. The Morgan fingerprint density at radius 3 is 2.70 bits per heavy atom. The van der Waals surface area contributed by atoms with Crippen molar-refractivity contribution in [3.63, 3.8) is 0 Å². The summed E-state index contributed by atoms with van der Waals surface area (Å²) in [7, 11) is 2.23. The summed E-state index contributed by atoms with van der Waals surface area (Å²) in [5.74, 6) is 0.180. The van der Waals surface area contributed by atoms with Crippen molar-refractivity contribution in [1.29, 1.82) is 5.26 Å². The SMILES string of the molecule is CN1C2CCC1CC(CNc1cccc(F)c1C#N)C2. The van der Waals surface area contributed by atoms with Crippen LogP contribution in [0, 0.1) is 23.1 Å². The Morgan fingerprint density at radius 1 is 1.35 bits per heavy atom. The first-order valence-corrected chi connectivity index (χ1v) is 7.33. The van der Waals surface area contributed by atoms with Crippen LogP contribution in [0.15, 0.2) is 18.2 Å². The van der Waals surface area contributed by atoms with Gasteiger partial charge >= 0.3 is 0 Å². The molecule has 2 heterocycles. The second kappa shape index (κ2) is 5.41. The van der Waals surface area contributed by atoms with Gasteiger partial charge in [-0.2, -0.15) is 5.26 Å². The van der Waals surface area contributed by atoms with Crippen molar-refractivity contribution < 1.29 is 4.39 Å². The highest BCUT2D eigenvalue weighted by Crippen LogP contribution is 2.37. The number of anilines is 1. The zero-order chi connectivity index (χ0) is 14.1. The van der Waals surface area contributed by atoms with Crippen LogP contribution in [0.4, 0.5) is 10.1 Å². The summed E-state index contributed by atoms with van der Waals surface area (Å²) in [6, 6.07) is 8.13. The average molecular weight is 273 g/mol. The summed E-state index contributed by atoms with van der Waals surface area (Å²) < 4.78 is 13.5. The third-order valence-electron chi connectivity index (χ3n) is 4.90. The van der Waals surface area contributed by atoms with E-state index in [0.717, 1.165) is 6.54 Å². The van der Waals surface area contributed by atoms with Crippen molar-refractivity contribution in [2.45, 2.75) is 37.8 Å². The van der Waals surface area contributed by atoms with Gasteiger partial charge in [-0.15, -0.1) is 0 Å². The average Bonchev–Trinajstić information content (AvgIpc) is 2.66. The largest absolute Gasteiger partial charge is 0.384 e. The van der Waals surface area contributed by atoms with Crippen molar-refractivity contribution in [3.8, 4) is 6.07 Å². The molecular formula is C16H20FN3. The predicted molar refractivity (Wildman–Crippen MR) is 76.9 cm³/mol. The van der Waals surface area contributed by atoms with Gasteiger partial charge in [-0.1, -0.05) is 6.07 Å². The minimum Gasteiger partial charge on any atom is -0.384 e. The van der Waals surface area contributed by atoms with Crippen LogP contribution >= 0.6 is 0 Å². The number of fused-ring (bicyclic) bond motifs is 2. The monoisotopic (exact) mass is 273 g/mol. The lowest BCUT2D eigenvalue weighted by molar-refractivity contribution is 0.139. The maximum atomic E-state index is 13.5. The van der Waals surface area contributed by atoms with Gasteiger partial charge < -0.3 is 10.2 Å². The maximum Gasteiger partial charge on any atom is 0.143 e. The van der Waals surface area contributed by atoms with E-state index in [2.05, 4.69) is 17.3 Å². The fourth-order valence-electron chi connectivity index (χ4n) is 3.73. The van der Waals surface area contributed by atoms with Gasteiger partial charge in [-0.3, -0.25) is 0 Å². The smallest absolute Gasteiger partial charge is 0.143 e. The molecule has 0 saturated carbocycles. The molecule has 0 aliphatic carbocycles. The molecule has 1 aromatic rings. The molecule has 2 unspecified atom stereocenters. The molecule has 0 aromatic heterocycles. The van der Waals surface area contributed by atoms with E-state index in [-0.39, 0.29) is 5.56 Å². The zero-order valence-electron chi connectivity index (χ0n) is 11.8. The molecule has 2 fully saturated rings. The number of benzene rings is 1. The van der Waals surface area contributed by atoms with Crippen molar-refractivity contribution in [3.05, 3.63) is 29.6 Å². The summed E-state index contributed by atoms with van der Waals surface area (Å²) in [6.45, 7) is 0.832. The van der Waals surface area contributed by atoms with Gasteiger partial charge in [0.05, 0.1) is 5.69 Å². The normalized spacial score (nSPS) is 29.1. The Morgan fingerprint density at radius 2 is 2.05 bits per heavy atom. The second-order valence-electron chi connectivity index (χ2n) is 6.04. The van der Waals surface area contributed by atoms with Gasteiger partial charge in [-0.25, -0.2) is 4.39 Å². The molecule has 4 heteroatoms. The first kappa shape index (κ1) is 13.4. The number of rotatable bonds is 3. The number of halogens is 1. The van der Waals surface area contributed by atoms with Gasteiger partial charge in [-0.05, 0) is 50.8 Å². The second-order valence-corrected chi connectivity index (χ2v) is 6.04. The van der Waals surface area contributed by atoms with E-state index in [1.807, 2.05) is 6.07 Å². The fourth-order valence-corrected chi connectivity index (χ4v) is 3.73. The molecule has 0 spiro atoms. The van der Waals surface area contributed by atoms with Crippen LogP contribution in [0.25, 0.3) is 0 Å². The third kappa shape index (κ3) is 2.38. The van der Waals surface area contributed by atoms with Gasteiger partial charge in [0, 0.05) is 18.6 Å². The number of nitrogens with one attached hydrogen (secondary N) is 1. The van der Waals surface area contributed by atoms with E-state index >= 15 is 0 Å². The van der Waals surface area contributed by atoms with Gasteiger partial charge in [0.2, 0.25) is 0 Å². The number of piperidine rings is 1. The zero-order valence-corrected chi connectivity index (χ0v) is 11.8. The third-order valence-corrected chi connectivity index (χ3v) is 4.90. The summed E-state index contributed by atoms with van der Waals surface area (Å²) in [4.78, 5) is 2.51. The lowest BCUT2D eigenvalue weighted by atomic mass is 9.91. The molecule has 0 radical (unpaired) electrons. The molecule has 3 rings (SSSR count). The molecule has 3 nitrogen and oxygen atoms in total. The molecule has 2 bridgehead atoms. The van der Waals surface area contributed by atoms with Crippen LogP contribution in [0.3, 0.4) is 0 Å². The summed E-state index contributed by atoms with van der Waals surface area (Å²) in [5.41, 5.74) is 0.752. The van der Waals surface area contributed by atoms with E-state index in [1.54, 1.807) is 12.1 Å². The first-order chi connectivity index (χ1) is 9.69. The number of nitrogens with zero attached hydrogens (tertiary/aromatic N) is 2. The molecule has 2 aliphatic heterocycles. The maximum absolute atomic E-state index is 13.5. The molecule has 1 N–H and O–H groups in total. The number of hydrogen-bond donors (Lipinski definition) is 1. The molecule has 2 atom stereocenters. The van der Waals surface area contributed by atoms with Crippen LogP contribution in [-0.4, -0.2) is 30.6 Å². The van der Waals surface area contributed by atoms with Crippen LogP contribution in [-0.2, 0) is 0 Å². The summed E-state index contributed by atoms with van der Waals surface area (Å²) >= 11 is 0.